The van der Waals surface area contributed by atoms with Crippen LogP contribution in [0.3, 0.4) is 0 Å². The third-order valence-electron chi connectivity index (χ3n) is 2.14. The molecule has 0 aliphatic carbocycles. The number of aliphatic hydroxyl groups excluding tert-OH is 2. The fourth-order valence-corrected chi connectivity index (χ4v) is 1.10. The average molecular weight is 216 g/mol. The molecule has 2 N–H and O–H groups in total. The highest BCUT2D eigenvalue weighted by Gasteiger charge is 2.21. The predicted molar refractivity (Wildman–Crippen MR) is 57.0 cm³/mol. The molecular weight excluding hydrogens is 196 g/mol. The Morgan fingerprint density at radius 3 is 2.53 bits per heavy atom. The number of unbranched alkanes of at least 4 members (excludes halogenated alkanes) is 1. The molecule has 0 radical (unpaired) electrons. The molecule has 88 valence electrons. The van der Waals surface area contributed by atoms with Gasteiger partial charge in [0.1, 0.15) is 0 Å². The van der Waals surface area contributed by atoms with Crippen LogP contribution in [0.1, 0.15) is 33.1 Å². The van der Waals surface area contributed by atoms with E-state index >= 15 is 0 Å². The van der Waals surface area contributed by atoms with Crippen LogP contribution in [0.2, 0.25) is 0 Å². The van der Waals surface area contributed by atoms with E-state index in [4.69, 9.17) is 9.84 Å². The summed E-state index contributed by atoms with van der Waals surface area (Å²) in [6.45, 7) is 6.74. The first-order chi connectivity index (χ1) is 7.02. The van der Waals surface area contributed by atoms with Gasteiger partial charge in [0.15, 0.2) is 0 Å². The number of hydrogen-bond acceptors (Lipinski definition) is 4. The second kappa shape index (κ2) is 7.43. The molecule has 15 heavy (non-hydrogen) atoms. The van der Waals surface area contributed by atoms with Crippen LogP contribution in [-0.2, 0) is 9.53 Å². The van der Waals surface area contributed by atoms with E-state index in [1.54, 1.807) is 0 Å². The average Bonchev–Trinajstić information content (AvgIpc) is 2.18. The normalized spacial score (nSPS) is 14.4. The summed E-state index contributed by atoms with van der Waals surface area (Å²) in [4.78, 5) is 11.1. The smallest absolute Gasteiger partial charge is 0.335 e. The summed E-state index contributed by atoms with van der Waals surface area (Å²) in [5.41, 5.74) is 0.237. The summed E-state index contributed by atoms with van der Waals surface area (Å²) in [7, 11) is 0. The lowest BCUT2D eigenvalue weighted by molar-refractivity contribution is -0.175. The lowest BCUT2D eigenvalue weighted by atomic mass is 10.0. The van der Waals surface area contributed by atoms with Crippen molar-refractivity contribution in [1.82, 2.24) is 0 Å². The largest absolute Gasteiger partial charge is 0.432 e. The minimum absolute atomic E-state index is 0.190. The first kappa shape index (κ1) is 14.1. The number of hydrogen-bond donors (Lipinski definition) is 2. The van der Waals surface area contributed by atoms with E-state index in [9.17, 15) is 9.90 Å². The second-order valence-corrected chi connectivity index (χ2v) is 3.66. The van der Waals surface area contributed by atoms with Crippen molar-refractivity contribution in [2.24, 2.45) is 5.92 Å². The van der Waals surface area contributed by atoms with Crippen molar-refractivity contribution >= 4 is 5.97 Å². The fourth-order valence-electron chi connectivity index (χ4n) is 1.10. The minimum Gasteiger partial charge on any atom is -0.432 e. The highest BCUT2D eigenvalue weighted by molar-refractivity contribution is 5.86. The van der Waals surface area contributed by atoms with Crippen LogP contribution in [0, 0.1) is 5.92 Å². The van der Waals surface area contributed by atoms with Gasteiger partial charge >= 0.3 is 5.97 Å². The molecule has 0 heterocycles. The Morgan fingerprint density at radius 2 is 2.13 bits per heavy atom. The van der Waals surface area contributed by atoms with Gasteiger partial charge in [0.25, 0.3) is 0 Å². The molecule has 2 atom stereocenters. The van der Waals surface area contributed by atoms with E-state index in [1.165, 1.54) is 6.92 Å². The van der Waals surface area contributed by atoms with Crippen LogP contribution in [0.15, 0.2) is 12.2 Å². The Morgan fingerprint density at radius 1 is 1.53 bits per heavy atom. The predicted octanol–water partition coefficient (Wildman–Crippen LogP) is 1.22. The molecule has 4 heteroatoms. The summed E-state index contributed by atoms with van der Waals surface area (Å²) >= 11 is 0. The molecule has 0 fully saturated rings. The fraction of sp³-hybridized carbons (Fsp3) is 0.727. The van der Waals surface area contributed by atoms with Crippen molar-refractivity contribution in [1.29, 1.82) is 0 Å². The zero-order valence-electron chi connectivity index (χ0n) is 9.40. The highest BCUT2D eigenvalue weighted by Crippen LogP contribution is 2.14. The summed E-state index contributed by atoms with van der Waals surface area (Å²) in [6, 6.07) is 0. The van der Waals surface area contributed by atoms with Gasteiger partial charge in [-0.1, -0.05) is 26.3 Å². The third kappa shape index (κ3) is 5.54. The van der Waals surface area contributed by atoms with Crippen molar-refractivity contribution in [3.05, 3.63) is 12.2 Å². The van der Waals surface area contributed by atoms with Gasteiger partial charge in [0.05, 0.1) is 6.61 Å². The van der Waals surface area contributed by atoms with Gasteiger partial charge in [0.2, 0.25) is 6.29 Å². The van der Waals surface area contributed by atoms with Crippen molar-refractivity contribution in [2.75, 3.05) is 6.61 Å². The molecule has 0 aromatic heterocycles. The Bertz CT molecular complexity index is 213. The third-order valence-corrected chi connectivity index (χ3v) is 2.14. The Kier molecular flexibility index (Phi) is 6.99. The second-order valence-electron chi connectivity index (χ2n) is 3.66. The van der Waals surface area contributed by atoms with Gasteiger partial charge in [-0.2, -0.15) is 0 Å². The molecule has 0 aromatic carbocycles. The quantitative estimate of drug-likeness (QED) is 0.381. The van der Waals surface area contributed by atoms with E-state index in [-0.39, 0.29) is 12.2 Å². The Hall–Kier alpha value is -0.870. The molecule has 0 saturated carbocycles. The molecule has 0 rings (SSSR count). The standard InChI is InChI=1S/C11H20O4/c1-4-5-6-9(7-12)11(14)15-10(13)8(2)3/h9,11-12,14H,2,4-7H2,1,3H3. The van der Waals surface area contributed by atoms with Crippen molar-refractivity contribution in [3.8, 4) is 0 Å². The van der Waals surface area contributed by atoms with Crippen LogP contribution < -0.4 is 0 Å². The van der Waals surface area contributed by atoms with Crippen LogP contribution in [0.4, 0.5) is 0 Å². The van der Waals surface area contributed by atoms with Gasteiger partial charge in [-0.3, -0.25) is 0 Å². The molecule has 0 saturated heterocycles. The first-order valence-corrected chi connectivity index (χ1v) is 5.18. The van der Waals surface area contributed by atoms with Gasteiger partial charge in [-0.15, -0.1) is 0 Å². The Balaban J connectivity index is 4.08. The molecule has 0 spiro atoms. The van der Waals surface area contributed by atoms with E-state index in [0.717, 1.165) is 12.8 Å². The van der Waals surface area contributed by atoms with Crippen molar-refractivity contribution in [3.63, 3.8) is 0 Å². The molecule has 2 unspecified atom stereocenters. The van der Waals surface area contributed by atoms with E-state index in [1.807, 2.05) is 6.92 Å². The maximum absolute atomic E-state index is 11.1. The van der Waals surface area contributed by atoms with Crippen LogP contribution in [0.25, 0.3) is 0 Å². The number of carbonyl (C=O) groups excluding carboxylic acids is 1. The summed E-state index contributed by atoms with van der Waals surface area (Å²) in [6.07, 6.45) is 1.24. The van der Waals surface area contributed by atoms with Gasteiger partial charge in [0, 0.05) is 11.5 Å². The number of aliphatic hydroxyl groups is 2. The molecule has 0 amide bonds. The lowest BCUT2D eigenvalue weighted by Gasteiger charge is -2.20. The van der Waals surface area contributed by atoms with Crippen LogP contribution in [0.5, 0.6) is 0 Å². The topological polar surface area (TPSA) is 66.8 Å². The molecule has 0 aliphatic heterocycles. The lowest BCUT2D eigenvalue weighted by Crippen LogP contribution is -2.29. The van der Waals surface area contributed by atoms with E-state index in [2.05, 4.69) is 6.58 Å². The number of rotatable bonds is 7. The zero-order chi connectivity index (χ0) is 11.8. The number of carbonyl (C=O) groups is 1. The maximum atomic E-state index is 11.1. The SMILES string of the molecule is C=C(C)C(=O)OC(O)C(CO)CCCC. The summed E-state index contributed by atoms with van der Waals surface area (Å²) < 4.78 is 4.72. The molecule has 0 bridgehead atoms. The van der Waals surface area contributed by atoms with Crippen LogP contribution >= 0.6 is 0 Å². The summed E-state index contributed by atoms with van der Waals surface area (Å²) in [5, 5.41) is 18.5. The molecule has 0 aromatic rings. The van der Waals surface area contributed by atoms with Crippen molar-refractivity contribution in [2.45, 2.75) is 39.4 Å². The first-order valence-electron chi connectivity index (χ1n) is 5.18. The maximum Gasteiger partial charge on any atom is 0.335 e. The highest BCUT2D eigenvalue weighted by atomic mass is 16.6. The molecule has 0 aliphatic rings. The van der Waals surface area contributed by atoms with Gasteiger partial charge < -0.3 is 14.9 Å². The zero-order valence-corrected chi connectivity index (χ0v) is 9.40. The number of ether oxygens (including phenoxy) is 1. The van der Waals surface area contributed by atoms with Gasteiger partial charge in [-0.05, 0) is 13.3 Å². The molecule has 4 nitrogen and oxygen atoms in total. The monoisotopic (exact) mass is 216 g/mol. The van der Waals surface area contributed by atoms with E-state index < -0.39 is 18.2 Å². The minimum atomic E-state index is -1.24. The van der Waals surface area contributed by atoms with Crippen molar-refractivity contribution < 1.29 is 19.7 Å². The van der Waals surface area contributed by atoms with E-state index in [0.29, 0.717) is 6.42 Å². The van der Waals surface area contributed by atoms with Crippen LogP contribution in [-0.4, -0.2) is 29.1 Å². The summed E-state index contributed by atoms with van der Waals surface area (Å²) in [5.74, 6) is -1.04. The number of esters is 1. The van der Waals surface area contributed by atoms with Gasteiger partial charge in [-0.25, -0.2) is 4.79 Å². The molecular formula is C11H20O4. The Labute approximate surface area is 90.6 Å².